The van der Waals surface area contributed by atoms with E-state index in [1.807, 2.05) is 12.1 Å². The van der Waals surface area contributed by atoms with E-state index in [1.54, 1.807) is 30.3 Å². The van der Waals surface area contributed by atoms with Gasteiger partial charge in [0.15, 0.2) is 0 Å². The van der Waals surface area contributed by atoms with Crippen LogP contribution in [-0.2, 0) is 21.2 Å². The van der Waals surface area contributed by atoms with Gasteiger partial charge >= 0.3 is 0 Å². The minimum Gasteiger partial charge on any atom is -0.337 e. The van der Waals surface area contributed by atoms with E-state index in [2.05, 4.69) is 20.2 Å². The highest BCUT2D eigenvalue weighted by atomic mass is 32.2. The maximum absolute atomic E-state index is 12.2. The summed E-state index contributed by atoms with van der Waals surface area (Å²) in [5.74, 6) is -0.00764. The van der Waals surface area contributed by atoms with Crippen LogP contribution in [0, 0.1) is 0 Å². The smallest absolute Gasteiger partial charge is 0.277 e. The van der Waals surface area contributed by atoms with Crippen molar-refractivity contribution >= 4 is 27.6 Å². The molecule has 1 aromatic heterocycles. The fraction of sp³-hybridized carbons (Fsp3) is 0.118. The maximum Gasteiger partial charge on any atom is 0.277 e. The first-order valence-electron chi connectivity index (χ1n) is 7.69. The monoisotopic (exact) mass is 372 g/mol. The van der Waals surface area contributed by atoms with Crippen LogP contribution >= 0.6 is 0 Å². The van der Waals surface area contributed by atoms with Crippen molar-refractivity contribution in [1.82, 2.24) is 10.1 Å². The van der Waals surface area contributed by atoms with Gasteiger partial charge in [0, 0.05) is 12.6 Å². The molecule has 1 amide bonds. The number of amides is 1. The minimum absolute atomic E-state index is 0.111. The summed E-state index contributed by atoms with van der Waals surface area (Å²) in [6, 6.07) is 15.1. The van der Waals surface area contributed by atoms with Crippen molar-refractivity contribution in [2.24, 2.45) is 0 Å². The zero-order chi connectivity index (χ0) is 18.6. The number of rotatable bonds is 6. The first-order chi connectivity index (χ1) is 12.4. The molecule has 0 atom stereocenters. The highest BCUT2D eigenvalue weighted by molar-refractivity contribution is 7.92. The van der Waals surface area contributed by atoms with Gasteiger partial charge in [-0.2, -0.15) is 4.98 Å². The number of carbonyl (C=O) groups is 1. The van der Waals surface area contributed by atoms with E-state index in [0.717, 1.165) is 5.56 Å². The lowest BCUT2D eigenvalue weighted by molar-refractivity contribution is -0.114. The van der Waals surface area contributed by atoms with E-state index in [0.29, 0.717) is 12.1 Å². The third kappa shape index (κ3) is 4.45. The standard InChI is InChI=1S/C17H16N4O4S/c1-12(22)18-14-9-7-13(8-10-14)11-16-19-17(20-25-16)21-26(23,24)15-5-3-2-4-6-15/h2-10H,11H2,1H3,(H,18,22)(H,20,21). The lowest BCUT2D eigenvalue weighted by atomic mass is 10.1. The number of carbonyl (C=O) groups excluding carboxylic acids is 1. The Morgan fingerprint density at radius 3 is 2.42 bits per heavy atom. The third-order valence-electron chi connectivity index (χ3n) is 3.38. The zero-order valence-electron chi connectivity index (χ0n) is 13.8. The Balaban J connectivity index is 1.67. The molecule has 1 heterocycles. The van der Waals surface area contributed by atoms with Gasteiger partial charge in [-0.05, 0) is 35.0 Å². The molecular formula is C17H16N4O4S. The van der Waals surface area contributed by atoms with E-state index in [9.17, 15) is 13.2 Å². The van der Waals surface area contributed by atoms with Gasteiger partial charge in [-0.25, -0.2) is 13.1 Å². The van der Waals surface area contributed by atoms with Crippen LogP contribution in [-0.4, -0.2) is 24.5 Å². The van der Waals surface area contributed by atoms with Crippen LogP contribution in [0.15, 0.2) is 64.0 Å². The van der Waals surface area contributed by atoms with Crippen LogP contribution in [0.1, 0.15) is 18.4 Å². The number of anilines is 2. The van der Waals surface area contributed by atoms with Crippen LogP contribution < -0.4 is 10.0 Å². The number of aromatic nitrogens is 2. The van der Waals surface area contributed by atoms with E-state index >= 15 is 0 Å². The van der Waals surface area contributed by atoms with Gasteiger partial charge < -0.3 is 9.84 Å². The summed E-state index contributed by atoms with van der Waals surface area (Å²) >= 11 is 0. The molecule has 8 nitrogen and oxygen atoms in total. The van der Waals surface area contributed by atoms with Crippen LogP contribution in [0.25, 0.3) is 0 Å². The van der Waals surface area contributed by atoms with E-state index in [1.165, 1.54) is 19.1 Å². The summed E-state index contributed by atoms with van der Waals surface area (Å²) in [6.07, 6.45) is 0.334. The molecule has 2 N–H and O–H groups in total. The Bertz CT molecular complexity index is 999. The number of nitrogens with zero attached hydrogens (tertiary/aromatic N) is 2. The van der Waals surface area contributed by atoms with Crippen molar-refractivity contribution in [2.75, 3.05) is 10.0 Å². The van der Waals surface area contributed by atoms with E-state index in [4.69, 9.17) is 4.52 Å². The Kier molecular flexibility index (Phi) is 4.99. The minimum atomic E-state index is -3.77. The summed E-state index contributed by atoms with van der Waals surface area (Å²) in [6.45, 7) is 1.43. The second-order valence-electron chi connectivity index (χ2n) is 5.49. The molecule has 0 saturated carbocycles. The molecule has 0 fully saturated rings. The van der Waals surface area contributed by atoms with Crippen LogP contribution in [0.4, 0.5) is 11.6 Å². The molecule has 9 heteroatoms. The third-order valence-corrected chi connectivity index (χ3v) is 4.72. The molecule has 3 aromatic rings. The van der Waals surface area contributed by atoms with E-state index in [-0.39, 0.29) is 22.6 Å². The van der Waals surface area contributed by atoms with E-state index < -0.39 is 10.0 Å². The summed E-state index contributed by atoms with van der Waals surface area (Å²) in [4.78, 5) is 15.2. The largest absolute Gasteiger partial charge is 0.337 e. The topological polar surface area (TPSA) is 114 Å². The van der Waals surface area contributed by atoms with Gasteiger partial charge in [0.05, 0.1) is 11.3 Å². The zero-order valence-corrected chi connectivity index (χ0v) is 14.7. The van der Waals surface area contributed by atoms with Gasteiger partial charge in [0.2, 0.25) is 11.8 Å². The number of hydrogen-bond donors (Lipinski definition) is 2. The predicted octanol–water partition coefficient (Wildman–Crippen LogP) is 2.42. The Labute approximate surface area is 150 Å². The van der Waals surface area contributed by atoms with Crippen LogP contribution in [0.5, 0.6) is 0 Å². The van der Waals surface area contributed by atoms with Gasteiger partial charge in [-0.1, -0.05) is 30.3 Å². The lowest BCUT2D eigenvalue weighted by Crippen LogP contribution is -2.13. The number of sulfonamides is 1. The average molecular weight is 372 g/mol. The SMILES string of the molecule is CC(=O)Nc1ccc(Cc2nc(NS(=O)(=O)c3ccccc3)no2)cc1. The number of nitrogens with one attached hydrogen (secondary N) is 2. The van der Waals surface area contributed by atoms with Crippen molar-refractivity contribution in [1.29, 1.82) is 0 Å². The van der Waals surface area contributed by atoms with Crippen LogP contribution in [0.3, 0.4) is 0 Å². The maximum atomic E-state index is 12.2. The molecule has 0 bridgehead atoms. The highest BCUT2D eigenvalue weighted by Gasteiger charge is 2.17. The molecule has 0 unspecified atom stereocenters. The Hall–Kier alpha value is -3.20. The molecular weight excluding hydrogens is 356 g/mol. The second kappa shape index (κ2) is 7.36. The normalized spacial score (nSPS) is 11.1. The van der Waals surface area contributed by atoms with Crippen molar-refractivity contribution in [3.8, 4) is 0 Å². The molecule has 0 radical (unpaired) electrons. The molecule has 0 aliphatic carbocycles. The molecule has 26 heavy (non-hydrogen) atoms. The quantitative estimate of drug-likeness (QED) is 0.687. The second-order valence-corrected chi connectivity index (χ2v) is 7.17. The Morgan fingerprint density at radius 2 is 1.77 bits per heavy atom. The molecule has 0 saturated heterocycles. The van der Waals surface area contributed by atoms with Crippen molar-refractivity contribution in [3.05, 3.63) is 66.1 Å². The van der Waals surface area contributed by atoms with Gasteiger partial charge in [0.25, 0.3) is 16.0 Å². The summed E-state index contributed by atoms with van der Waals surface area (Å²) < 4.78 is 31.8. The Morgan fingerprint density at radius 1 is 1.08 bits per heavy atom. The summed E-state index contributed by atoms with van der Waals surface area (Å²) in [5.41, 5.74) is 1.56. The van der Waals surface area contributed by atoms with Crippen molar-refractivity contribution in [3.63, 3.8) is 0 Å². The number of benzene rings is 2. The van der Waals surface area contributed by atoms with Gasteiger partial charge in [0.1, 0.15) is 0 Å². The average Bonchev–Trinajstić information content (AvgIpc) is 3.03. The lowest BCUT2D eigenvalue weighted by Gasteiger charge is -2.03. The summed E-state index contributed by atoms with van der Waals surface area (Å²) in [7, 11) is -3.77. The first-order valence-corrected chi connectivity index (χ1v) is 9.18. The number of hydrogen-bond acceptors (Lipinski definition) is 6. The first kappa shape index (κ1) is 17.6. The molecule has 2 aromatic carbocycles. The van der Waals surface area contributed by atoms with Crippen LogP contribution in [0.2, 0.25) is 0 Å². The van der Waals surface area contributed by atoms with Gasteiger partial charge in [-0.15, -0.1) is 0 Å². The predicted molar refractivity (Wildman–Crippen MR) is 95.1 cm³/mol. The van der Waals surface area contributed by atoms with Crippen molar-refractivity contribution < 1.29 is 17.7 Å². The molecule has 0 aliphatic heterocycles. The molecule has 134 valence electrons. The highest BCUT2D eigenvalue weighted by Crippen LogP contribution is 2.16. The van der Waals surface area contributed by atoms with Gasteiger partial charge in [-0.3, -0.25) is 4.79 Å². The van der Waals surface area contributed by atoms with Crippen molar-refractivity contribution in [2.45, 2.75) is 18.2 Å². The molecule has 3 rings (SSSR count). The molecule has 0 spiro atoms. The molecule has 0 aliphatic rings. The fourth-order valence-electron chi connectivity index (χ4n) is 2.23. The fourth-order valence-corrected chi connectivity index (χ4v) is 3.19. The summed E-state index contributed by atoms with van der Waals surface area (Å²) in [5, 5.41) is 6.32.